The van der Waals surface area contributed by atoms with Gasteiger partial charge in [-0.25, -0.2) is 4.68 Å². The SMILES string of the molecule is Cc1nn(-c2ccccc2)c(C)c1C(=O)Nc1ccc2c(c1)CCN(C1CCC1)CC2. The molecule has 1 aliphatic heterocycles. The molecule has 2 aromatic carbocycles. The van der Waals surface area contributed by atoms with Crippen LogP contribution in [0.2, 0.25) is 0 Å². The summed E-state index contributed by atoms with van der Waals surface area (Å²) >= 11 is 0. The highest BCUT2D eigenvalue weighted by molar-refractivity contribution is 6.06. The van der Waals surface area contributed by atoms with Gasteiger partial charge in [0.2, 0.25) is 0 Å². The van der Waals surface area contributed by atoms with Crippen molar-refractivity contribution in [3.8, 4) is 5.69 Å². The molecular formula is C26H30N4O. The topological polar surface area (TPSA) is 50.2 Å². The Morgan fingerprint density at radius 2 is 1.74 bits per heavy atom. The maximum atomic E-state index is 13.2. The van der Waals surface area contributed by atoms with Crippen LogP contribution in [0.25, 0.3) is 5.69 Å². The largest absolute Gasteiger partial charge is 0.322 e. The molecule has 1 aromatic heterocycles. The van der Waals surface area contributed by atoms with E-state index in [4.69, 9.17) is 0 Å². The monoisotopic (exact) mass is 414 g/mol. The maximum Gasteiger partial charge on any atom is 0.259 e. The summed E-state index contributed by atoms with van der Waals surface area (Å²) in [6, 6.07) is 17.1. The van der Waals surface area contributed by atoms with Gasteiger partial charge in [-0.05, 0) is 74.9 Å². The Kier molecular flexibility index (Phi) is 5.36. The Labute approximate surface area is 184 Å². The number of para-hydroxylation sites is 1. The van der Waals surface area contributed by atoms with Crippen molar-refractivity contribution in [2.75, 3.05) is 18.4 Å². The third-order valence-corrected chi connectivity index (χ3v) is 6.91. The number of benzene rings is 2. The Morgan fingerprint density at radius 1 is 1.00 bits per heavy atom. The van der Waals surface area contributed by atoms with Crippen molar-refractivity contribution >= 4 is 11.6 Å². The molecule has 1 aliphatic carbocycles. The van der Waals surface area contributed by atoms with Crippen molar-refractivity contribution < 1.29 is 4.79 Å². The molecule has 1 saturated carbocycles. The zero-order valence-corrected chi connectivity index (χ0v) is 18.4. The predicted molar refractivity (Wildman–Crippen MR) is 124 cm³/mol. The number of nitrogens with zero attached hydrogens (tertiary/aromatic N) is 3. The number of carbonyl (C=O) groups excluding carboxylic acids is 1. The lowest BCUT2D eigenvalue weighted by Gasteiger charge is -2.36. The van der Waals surface area contributed by atoms with Gasteiger partial charge in [0.15, 0.2) is 0 Å². The van der Waals surface area contributed by atoms with Crippen LogP contribution in [0.5, 0.6) is 0 Å². The lowest BCUT2D eigenvalue weighted by molar-refractivity contribution is 0.102. The van der Waals surface area contributed by atoms with Gasteiger partial charge in [0.05, 0.1) is 22.6 Å². The molecule has 0 atom stereocenters. The number of carbonyl (C=O) groups is 1. The summed E-state index contributed by atoms with van der Waals surface area (Å²) in [7, 11) is 0. The lowest BCUT2D eigenvalue weighted by Crippen LogP contribution is -2.41. The fourth-order valence-electron chi connectivity index (χ4n) is 4.92. The molecule has 160 valence electrons. The van der Waals surface area contributed by atoms with Crippen molar-refractivity contribution in [2.24, 2.45) is 0 Å². The van der Waals surface area contributed by atoms with Crippen LogP contribution in [0, 0.1) is 13.8 Å². The minimum absolute atomic E-state index is 0.0955. The van der Waals surface area contributed by atoms with Crippen molar-refractivity contribution in [1.82, 2.24) is 14.7 Å². The number of anilines is 1. The molecule has 0 spiro atoms. The zero-order chi connectivity index (χ0) is 21.4. The van der Waals surface area contributed by atoms with Crippen molar-refractivity contribution in [3.63, 3.8) is 0 Å². The molecule has 2 heterocycles. The molecule has 0 saturated heterocycles. The van der Waals surface area contributed by atoms with Crippen LogP contribution in [0.15, 0.2) is 48.5 Å². The van der Waals surface area contributed by atoms with Crippen LogP contribution in [-0.2, 0) is 12.8 Å². The summed E-state index contributed by atoms with van der Waals surface area (Å²) in [6.45, 7) is 6.12. The first-order valence-electron chi connectivity index (χ1n) is 11.4. The smallest absolute Gasteiger partial charge is 0.259 e. The third kappa shape index (κ3) is 3.90. The van der Waals surface area contributed by atoms with E-state index in [1.54, 1.807) is 0 Å². The number of aromatic nitrogens is 2. The second kappa shape index (κ2) is 8.31. The van der Waals surface area contributed by atoms with E-state index in [9.17, 15) is 4.79 Å². The number of rotatable bonds is 4. The van der Waals surface area contributed by atoms with Crippen molar-refractivity contribution in [1.29, 1.82) is 0 Å². The number of amides is 1. The molecule has 5 heteroatoms. The van der Waals surface area contributed by atoms with Gasteiger partial charge in [-0.3, -0.25) is 9.69 Å². The molecular weight excluding hydrogens is 384 g/mol. The first kappa shape index (κ1) is 20.0. The van der Waals surface area contributed by atoms with E-state index in [2.05, 4.69) is 27.4 Å². The van der Waals surface area contributed by atoms with Crippen LogP contribution in [-0.4, -0.2) is 39.7 Å². The molecule has 5 rings (SSSR count). The molecule has 1 N–H and O–H groups in total. The molecule has 0 unspecified atom stereocenters. The number of hydrogen-bond donors (Lipinski definition) is 1. The molecule has 0 radical (unpaired) electrons. The van der Waals surface area contributed by atoms with Crippen LogP contribution in [0.1, 0.15) is 52.1 Å². The summed E-state index contributed by atoms with van der Waals surface area (Å²) in [4.78, 5) is 15.8. The first-order chi connectivity index (χ1) is 15.1. The number of fused-ring (bicyclic) bond motifs is 1. The number of hydrogen-bond acceptors (Lipinski definition) is 3. The second-order valence-electron chi connectivity index (χ2n) is 8.85. The van der Waals surface area contributed by atoms with Crippen molar-refractivity contribution in [3.05, 3.63) is 76.6 Å². The quantitative estimate of drug-likeness (QED) is 0.674. The Hall–Kier alpha value is -2.92. The molecule has 1 amide bonds. The Balaban J connectivity index is 1.34. The van der Waals surface area contributed by atoms with Gasteiger partial charge in [-0.15, -0.1) is 0 Å². The van der Waals surface area contributed by atoms with Crippen molar-refractivity contribution in [2.45, 2.75) is 52.0 Å². The lowest BCUT2D eigenvalue weighted by atomic mass is 9.91. The maximum absolute atomic E-state index is 13.2. The van der Waals surface area contributed by atoms with E-state index in [0.29, 0.717) is 5.56 Å². The minimum Gasteiger partial charge on any atom is -0.322 e. The van der Waals surface area contributed by atoms with Crippen LogP contribution >= 0.6 is 0 Å². The summed E-state index contributed by atoms with van der Waals surface area (Å²) in [5.74, 6) is -0.0955. The van der Waals surface area contributed by atoms with Crippen LogP contribution in [0.3, 0.4) is 0 Å². The minimum atomic E-state index is -0.0955. The van der Waals surface area contributed by atoms with Crippen LogP contribution in [0.4, 0.5) is 5.69 Å². The van der Waals surface area contributed by atoms with Gasteiger partial charge < -0.3 is 5.32 Å². The number of nitrogens with one attached hydrogen (secondary N) is 1. The zero-order valence-electron chi connectivity index (χ0n) is 18.4. The average Bonchev–Trinajstić information content (AvgIpc) is 2.90. The molecule has 3 aromatic rings. The Bertz CT molecular complexity index is 1100. The van der Waals surface area contributed by atoms with Gasteiger partial charge in [0.25, 0.3) is 5.91 Å². The molecule has 1 fully saturated rings. The normalized spacial score (nSPS) is 17.0. The molecule has 31 heavy (non-hydrogen) atoms. The van der Waals surface area contributed by atoms with E-state index in [-0.39, 0.29) is 5.91 Å². The number of aryl methyl sites for hydroxylation is 1. The van der Waals surface area contributed by atoms with E-state index < -0.39 is 0 Å². The van der Waals surface area contributed by atoms with E-state index in [1.807, 2.05) is 54.9 Å². The first-order valence-corrected chi connectivity index (χ1v) is 11.4. The summed E-state index contributed by atoms with van der Waals surface area (Å²) < 4.78 is 1.84. The highest BCUT2D eigenvalue weighted by atomic mass is 16.1. The van der Waals surface area contributed by atoms with Gasteiger partial charge in [0, 0.05) is 24.8 Å². The third-order valence-electron chi connectivity index (χ3n) is 6.91. The summed E-state index contributed by atoms with van der Waals surface area (Å²) in [6.07, 6.45) is 6.24. The van der Waals surface area contributed by atoms with Crippen LogP contribution < -0.4 is 5.32 Å². The van der Waals surface area contributed by atoms with E-state index in [0.717, 1.165) is 54.7 Å². The fraction of sp³-hybridized carbons (Fsp3) is 0.385. The van der Waals surface area contributed by atoms with E-state index >= 15 is 0 Å². The predicted octanol–water partition coefficient (Wildman–Crippen LogP) is 4.69. The summed E-state index contributed by atoms with van der Waals surface area (Å²) in [5.41, 5.74) is 6.86. The summed E-state index contributed by atoms with van der Waals surface area (Å²) in [5, 5.41) is 7.74. The van der Waals surface area contributed by atoms with Gasteiger partial charge in [0.1, 0.15) is 0 Å². The highest BCUT2D eigenvalue weighted by Gasteiger charge is 2.26. The Morgan fingerprint density at radius 3 is 2.45 bits per heavy atom. The standard InChI is InChI=1S/C26H30N4O/c1-18-25(19(2)30(28-18)24-7-4-3-5-8-24)26(31)27-22-12-11-20-13-15-29(23-9-6-10-23)16-14-21(20)17-22/h3-5,7-8,11-12,17,23H,6,9-10,13-16H2,1-2H3,(H,27,31). The van der Waals surface area contributed by atoms with Gasteiger partial charge in [-0.1, -0.05) is 30.7 Å². The highest BCUT2D eigenvalue weighted by Crippen LogP contribution is 2.28. The molecule has 5 nitrogen and oxygen atoms in total. The molecule has 2 aliphatic rings. The average molecular weight is 415 g/mol. The van der Waals surface area contributed by atoms with Gasteiger partial charge >= 0.3 is 0 Å². The molecule has 0 bridgehead atoms. The van der Waals surface area contributed by atoms with E-state index in [1.165, 1.54) is 30.4 Å². The van der Waals surface area contributed by atoms with Gasteiger partial charge in [-0.2, -0.15) is 5.10 Å². The fourth-order valence-corrected chi connectivity index (χ4v) is 4.92. The second-order valence-corrected chi connectivity index (χ2v) is 8.85.